The van der Waals surface area contributed by atoms with Gasteiger partial charge in [0.1, 0.15) is 0 Å². The summed E-state index contributed by atoms with van der Waals surface area (Å²) < 4.78 is 34.0. The summed E-state index contributed by atoms with van der Waals surface area (Å²) in [6.45, 7) is 3.26. The fourth-order valence-electron chi connectivity index (χ4n) is 3.47. The van der Waals surface area contributed by atoms with Crippen molar-refractivity contribution in [3.05, 3.63) is 46.7 Å². The van der Waals surface area contributed by atoms with E-state index in [9.17, 15) is 13.2 Å². The summed E-state index contributed by atoms with van der Waals surface area (Å²) in [5.74, 6) is -0.220. The van der Waals surface area contributed by atoms with Crippen molar-refractivity contribution in [2.45, 2.75) is 31.2 Å². The van der Waals surface area contributed by atoms with E-state index in [2.05, 4.69) is 14.9 Å². The number of aromatic nitrogens is 2. The molecule has 1 saturated heterocycles. The normalized spacial score (nSPS) is 14.2. The third kappa shape index (κ3) is 4.69. The number of carbonyl (C=O) groups is 1. The highest BCUT2D eigenvalue weighted by atomic mass is 32.2. The maximum atomic E-state index is 12.9. The topological polar surface area (TPSA) is 109 Å². The summed E-state index contributed by atoms with van der Waals surface area (Å²) >= 11 is 1.23. The molecular weight excluding hydrogens is 450 g/mol. The Labute approximate surface area is 191 Å². The van der Waals surface area contributed by atoms with Gasteiger partial charge in [0, 0.05) is 44.3 Å². The summed E-state index contributed by atoms with van der Waals surface area (Å²) in [5.41, 5.74) is 1.89. The van der Waals surface area contributed by atoms with Crippen LogP contribution in [0, 0.1) is 6.92 Å². The largest absolute Gasteiger partial charge is 0.411 e. The zero-order valence-electron chi connectivity index (χ0n) is 18.2. The van der Waals surface area contributed by atoms with E-state index in [1.807, 2.05) is 43.3 Å². The van der Waals surface area contributed by atoms with Crippen molar-refractivity contribution in [2.24, 2.45) is 0 Å². The van der Waals surface area contributed by atoms with Gasteiger partial charge >= 0.3 is 11.8 Å². The van der Waals surface area contributed by atoms with Gasteiger partial charge in [-0.25, -0.2) is 13.1 Å². The van der Waals surface area contributed by atoms with Crippen LogP contribution in [0.15, 0.2) is 39.6 Å². The first-order valence-electron chi connectivity index (χ1n) is 10.2. The molecule has 11 heteroatoms. The standard InChI is InChI=1S/C21H25N5O4S2/c1-14-18(32(28,29)22-13-15-6-8-16(9-7-15)25(2)3)12-17(31-14)19-23-24-20(30-19)21(27)26-10-4-5-11-26/h6-9,12,22H,4-5,10-11,13H2,1-3H3. The average molecular weight is 476 g/mol. The number of sulfonamides is 1. The van der Waals surface area contributed by atoms with Gasteiger partial charge < -0.3 is 14.2 Å². The van der Waals surface area contributed by atoms with Crippen molar-refractivity contribution >= 4 is 33.0 Å². The molecule has 170 valence electrons. The monoisotopic (exact) mass is 475 g/mol. The zero-order valence-corrected chi connectivity index (χ0v) is 19.8. The number of rotatable bonds is 7. The quantitative estimate of drug-likeness (QED) is 0.560. The molecular formula is C21H25N5O4S2. The number of anilines is 1. The molecule has 1 amide bonds. The van der Waals surface area contributed by atoms with E-state index < -0.39 is 10.0 Å². The zero-order chi connectivity index (χ0) is 22.9. The second kappa shape index (κ2) is 9.00. The molecule has 32 heavy (non-hydrogen) atoms. The first-order valence-corrected chi connectivity index (χ1v) is 12.5. The molecule has 0 saturated carbocycles. The minimum absolute atomic E-state index is 0.0725. The van der Waals surface area contributed by atoms with Crippen LogP contribution in [0.3, 0.4) is 0 Å². The molecule has 1 fully saturated rings. The number of likely N-dealkylation sites (tertiary alicyclic amines) is 1. The summed E-state index contributed by atoms with van der Waals surface area (Å²) in [5, 5.41) is 7.82. The summed E-state index contributed by atoms with van der Waals surface area (Å²) in [6, 6.07) is 9.17. The summed E-state index contributed by atoms with van der Waals surface area (Å²) in [7, 11) is 0.155. The van der Waals surface area contributed by atoms with E-state index in [0.717, 1.165) is 24.1 Å². The Balaban J connectivity index is 1.48. The number of aryl methyl sites for hydroxylation is 1. The predicted molar refractivity (Wildman–Crippen MR) is 122 cm³/mol. The molecule has 0 bridgehead atoms. The third-order valence-electron chi connectivity index (χ3n) is 5.29. The van der Waals surface area contributed by atoms with Crippen LogP contribution in [-0.4, -0.2) is 56.6 Å². The van der Waals surface area contributed by atoms with E-state index in [0.29, 0.717) is 22.8 Å². The summed E-state index contributed by atoms with van der Waals surface area (Å²) in [4.78, 5) is 17.4. The fraction of sp³-hybridized carbons (Fsp3) is 0.381. The number of benzene rings is 1. The lowest BCUT2D eigenvalue weighted by atomic mass is 10.2. The number of thiophene rings is 1. The van der Waals surface area contributed by atoms with E-state index in [1.165, 1.54) is 17.4 Å². The SMILES string of the molecule is Cc1sc(-c2nnc(C(=O)N3CCCC3)o2)cc1S(=O)(=O)NCc1ccc(N(C)C)cc1. The van der Waals surface area contributed by atoms with Gasteiger partial charge in [0.15, 0.2) is 0 Å². The molecule has 9 nitrogen and oxygen atoms in total. The van der Waals surface area contributed by atoms with Crippen LogP contribution in [-0.2, 0) is 16.6 Å². The number of hydrogen-bond donors (Lipinski definition) is 1. The molecule has 1 aliphatic heterocycles. The van der Waals surface area contributed by atoms with Crippen LogP contribution < -0.4 is 9.62 Å². The number of nitrogens with zero attached hydrogens (tertiary/aromatic N) is 4. The maximum Gasteiger partial charge on any atom is 0.311 e. The van der Waals surface area contributed by atoms with Crippen LogP contribution >= 0.6 is 11.3 Å². The Bertz CT molecular complexity index is 1210. The van der Waals surface area contributed by atoms with E-state index >= 15 is 0 Å². The highest BCUT2D eigenvalue weighted by molar-refractivity contribution is 7.89. The van der Waals surface area contributed by atoms with E-state index in [1.54, 1.807) is 11.8 Å². The van der Waals surface area contributed by atoms with E-state index in [-0.39, 0.29) is 29.1 Å². The lowest BCUT2D eigenvalue weighted by Gasteiger charge is -2.13. The lowest BCUT2D eigenvalue weighted by molar-refractivity contribution is 0.0754. The van der Waals surface area contributed by atoms with Crippen molar-refractivity contribution in [3.8, 4) is 10.8 Å². The molecule has 0 unspecified atom stereocenters. The molecule has 0 aliphatic carbocycles. The van der Waals surface area contributed by atoms with Crippen molar-refractivity contribution < 1.29 is 17.6 Å². The van der Waals surface area contributed by atoms with Gasteiger partial charge in [0.25, 0.3) is 5.89 Å². The van der Waals surface area contributed by atoms with Crippen molar-refractivity contribution in [1.82, 2.24) is 19.8 Å². The number of carbonyl (C=O) groups excluding carboxylic acids is 1. The van der Waals surface area contributed by atoms with Crippen molar-refractivity contribution in [2.75, 3.05) is 32.1 Å². The Morgan fingerprint density at radius 2 is 1.88 bits per heavy atom. The number of amides is 1. The van der Waals surface area contributed by atoms with Crippen molar-refractivity contribution in [1.29, 1.82) is 0 Å². The third-order valence-corrected chi connectivity index (χ3v) is 7.99. The second-order valence-corrected chi connectivity index (χ2v) is 10.8. The van der Waals surface area contributed by atoms with Crippen molar-refractivity contribution in [3.63, 3.8) is 0 Å². The van der Waals surface area contributed by atoms with Gasteiger partial charge in [-0.2, -0.15) is 0 Å². The first-order chi connectivity index (χ1) is 15.2. The lowest BCUT2D eigenvalue weighted by Crippen LogP contribution is -2.27. The highest BCUT2D eigenvalue weighted by Gasteiger charge is 2.27. The molecule has 1 aliphatic rings. The smallest absolute Gasteiger partial charge is 0.311 e. The van der Waals surface area contributed by atoms with Crippen LogP contribution in [0.5, 0.6) is 0 Å². The van der Waals surface area contributed by atoms with Crippen LogP contribution in [0.4, 0.5) is 5.69 Å². The average Bonchev–Trinajstić information content (AvgIpc) is 3.52. The minimum atomic E-state index is -3.74. The maximum absolute atomic E-state index is 12.9. The fourth-order valence-corrected chi connectivity index (χ4v) is 6.00. The van der Waals surface area contributed by atoms with Gasteiger partial charge in [-0.15, -0.1) is 21.5 Å². The van der Waals surface area contributed by atoms with E-state index in [4.69, 9.17) is 4.42 Å². The second-order valence-electron chi connectivity index (χ2n) is 7.83. The molecule has 1 aromatic carbocycles. The van der Waals surface area contributed by atoms with Crippen LogP contribution in [0.25, 0.3) is 10.8 Å². The molecule has 0 atom stereocenters. The molecule has 2 aromatic heterocycles. The number of nitrogens with one attached hydrogen (secondary N) is 1. The van der Waals surface area contributed by atoms with Gasteiger partial charge in [0.05, 0.1) is 9.77 Å². The van der Waals surface area contributed by atoms with Crippen LogP contribution in [0.2, 0.25) is 0 Å². The first kappa shape index (κ1) is 22.4. The summed E-state index contributed by atoms with van der Waals surface area (Å²) in [6.07, 6.45) is 1.93. The van der Waals surface area contributed by atoms with Crippen LogP contribution in [0.1, 0.15) is 34.0 Å². The molecule has 4 rings (SSSR count). The molecule has 0 spiro atoms. The molecule has 0 radical (unpaired) electrons. The Morgan fingerprint density at radius 3 is 2.53 bits per heavy atom. The van der Waals surface area contributed by atoms with Gasteiger partial charge in [0.2, 0.25) is 10.0 Å². The van der Waals surface area contributed by atoms with Gasteiger partial charge in [-0.05, 0) is 43.5 Å². The highest BCUT2D eigenvalue weighted by Crippen LogP contribution is 2.33. The predicted octanol–water partition coefficient (Wildman–Crippen LogP) is 2.89. The van der Waals surface area contributed by atoms with Gasteiger partial charge in [-0.3, -0.25) is 4.79 Å². The van der Waals surface area contributed by atoms with Gasteiger partial charge in [-0.1, -0.05) is 12.1 Å². The molecule has 3 heterocycles. The Hall–Kier alpha value is -2.76. The molecule has 1 N–H and O–H groups in total. The Morgan fingerprint density at radius 1 is 1.19 bits per heavy atom. The number of hydrogen-bond acceptors (Lipinski definition) is 8. The minimum Gasteiger partial charge on any atom is -0.411 e. The molecule has 3 aromatic rings. The Kier molecular flexibility index (Phi) is 6.31.